The highest BCUT2D eigenvalue weighted by atomic mass is 16.1. The van der Waals surface area contributed by atoms with Gasteiger partial charge in [-0.05, 0) is 36.6 Å². The second-order valence-electron chi connectivity index (χ2n) is 6.53. The van der Waals surface area contributed by atoms with Crippen LogP contribution in [0.3, 0.4) is 0 Å². The van der Waals surface area contributed by atoms with Crippen molar-refractivity contribution >= 4 is 11.8 Å². The number of rotatable bonds is 13. The second-order valence-corrected chi connectivity index (χ2v) is 6.53. The fraction of sp³-hybridized carbons (Fsp3) is 0.600. The number of hydrogen-bond acceptors (Lipinski definition) is 2. The maximum atomic E-state index is 11.5. The Labute approximate surface area is 146 Å². The Morgan fingerprint density at radius 1 is 0.792 bits per heavy atom. The Balaban J connectivity index is 2.30. The average molecular weight is 332 g/mol. The van der Waals surface area contributed by atoms with Gasteiger partial charge in [0, 0.05) is 11.1 Å². The summed E-state index contributed by atoms with van der Waals surface area (Å²) in [6, 6.07) is 4.87. The number of carbonyl (C=O) groups is 2. The zero-order valence-electron chi connectivity index (χ0n) is 15.0. The zero-order valence-corrected chi connectivity index (χ0v) is 15.0. The number of aryl methyl sites for hydroxylation is 1. The lowest BCUT2D eigenvalue weighted by Gasteiger charge is -2.08. The van der Waals surface area contributed by atoms with Crippen LogP contribution in [-0.4, -0.2) is 11.8 Å². The molecule has 0 aliphatic heterocycles. The fourth-order valence-corrected chi connectivity index (χ4v) is 3.00. The highest BCUT2D eigenvalue weighted by molar-refractivity contribution is 5.97. The summed E-state index contributed by atoms with van der Waals surface area (Å²) in [6.45, 7) is 2.24. The summed E-state index contributed by atoms with van der Waals surface area (Å²) in [4.78, 5) is 22.8. The molecule has 0 fully saturated rings. The second kappa shape index (κ2) is 11.7. The molecule has 0 saturated carbocycles. The first kappa shape index (κ1) is 20.2. The van der Waals surface area contributed by atoms with Crippen molar-refractivity contribution in [1.82, 2.24) is 0 Å². The van der Waals surface area contributed by atoms with Crippen molar-refractivity contribution in [3.8, 4) is 0 Å². The average Bonchev–Trinajstić information content (AvgIpc) is 2.56. The number of benzene rings is 1. The molecule has 1 rings (SSSR count). The van der Waals surface area contributed by atoms with E-state index in [1.165, 1.54) is 51.4 Å². The van der Waals surface area contributed by atoms with Crippen LogP contribution in [0.15, 0.2) is 18.2 Å². The van der Waals surface area contributed by atoms with Crippen LogP contribution in [0.5, 0.6) is 0 Å². The fourth-order valence-electron chi connectivity index (χ4n) is 3.00. The minimum Gasteiger partial charge on any atom is -0.366 e. The van der Waals surface area contributed by atoms with E-state index in [0.29, 0.717) is 11.1 Å². The third-order valence-electron chi connectivity index (χ3n) is 4.45. The molecule has 0 aromatic heterocycles. The summed E-state index contributed by atoms with van der Waals surface area (Å²) < 4.78 is 0. The van der Waals surface area contributed by atoms with Gasteiger partial charge in [0.1, 0.15) is 0 Å². The van der Waals surface area contributed by atoms with Gasteiger partial charge in [0.2, 0.25) is 11.8 Å². The first-order valence-electron chi connectivity index (χ1n) is 9.28. The van der Waals surface area contributed by atoms with Gasteiger partial charge in [-0.2, -0.15) is 0 Å². The number of primary amides is 2. The van der Waals surface area contributed by atoms with Crippen LogP contribution in [0, 0.1) is 0 Å². The van der Waals surface area contributed by atoms with Crippen molar-refractivity contribution in [1.29, 1.82) is 0 Å². The molecule has 2 amide bonds. The lowest BCUT2D eigenvalue weighted by Crippen LogP contribution is -2.16. The number of hydrogen-bond donors (Lipinski definition) is 2. The number of amides is 2. The molecule has 0 atom stereocenters. The van der Waals surface area contributed by atoms with Gasteiger partial charge in [0.15, 0.2) is 0 Å². The predicted octanol–water partition coefficient (Wildman–Crippen LogP) is 4.35. The number of carbonyl (C=O) groups excluding carboxylic acids is 2. The minimum atomic E-state index is -0.477. The van der Waals surface area contributed by atoms with E-state index >= 15 is 0 Å². The van der Waals surface area contributed by atoms with Crippen LogP contribution in [0.4, 0.5) is 0 Å². The standard InChI is InChI=1S/C20H32N2O2/c1-2-3-4-5-6-7-8-9-10-11-12-16-15-17(19(21)23)13-14-18(16)20(22)24/h13-15H,2-12H2,1H3,(H2,21,23)(H2,22,24). The highest BCUT2D eigenvalue weighted by Gasteiger charge is 2.11. The molecule has 0 spiro atoms. The summed E-state index contributed by atoms with van der Waals surface area (Å²) >= 11 is 0. The molecule has 4 N–H and O–H groups in total. The van der Waals surface area contributed by atoms with Gasteiger partial charge >= 0.3 is 0 Å². The molecule has 0 aliphatic carbocycles. The van der Waals surface area contributed by atoms with Gasteiger partial charge < -0.3 is 11.5 Å². The van der Waals surface area contributed by atoms with Crippen molar-refractivity contribution in [2.75, 3.05) is 0 Å². The lowest BCUT2D eigenvalue weighted by atomic mass is 9.97. The Hall–Kier alpha value is -1.84. The lowest BCUT2D eigenvalue weighted by molar-refractivity contribution is 0.0987. The normalized spacial score (nSPS) is 10.7. The largest absolute Gasteiger partial charge is 0.366 e. The van der Waals surface area contributed by atoms with Crippen LogP contribution in [0.2, 0.25) is 0 Å². The van der Waals surface area contributed by atoms with Crippen LogP contribution in [0.25, 0.3) is 0 Å². The predicted molar refractivity (Wildman–Crippen MR) is 99.0 cm³/mol. The van der Waals surface area contributed by atoms with E-state index in [4.69, 9.17) is 11.5 Å². The van der Waals surface area contributed by atoms with Gasteiger partial charge in [0.25, 0.3) is 0 Å². The summed E-state index contributed by atoms with van der Waals surface area (Å²) in [5, 5.41) is 0. The minimum absolute atomic E-state index is 0.432. The van der Waals surface area contributed by atoms with Crippen LogP contribution in [0.1, 0.15) is 97.4 Å². The van der Waals surface area contributed by atoms with E-state index in [1.807, 2.05) is 0 Å². The van der Waals surface area contributed by atoms with E-state index in [9.17, 15) is 9.59 Å². The Morgan fingerprint density at radius 2 is 1.33 bits per heavy atom. The number of unbranched alkanes of at least 4 members (excludes halogenated alkanes) is 9. The molecule has 1 aromatic rings. The summed E-state index contributed by atoms with van der Waals surface area (Å²) in [5.41, 5.74) is 12.5. The Bertz CT molecular complexity index is 526. The molecule has 0 saturated heterocycles. The molecule has 4 heteroatoms. The zero-order chi connectivity index (χ0) is 17.8. The molecule has 0 aliphatic rings. The molecular formula is C20H32N2O2. The van der Waals surface area contributed by atoms with Gasteiger partial charge in [-0.1, -0.05) is 64.7 Å². The van der Waals surface area contributed by atoms with E-state index in [2.05, 4.69) is 6.92 Å². The summed E-state index contributed by atoms with van der Waals surface area (Å²) in [6.07, 6.45) is 13.4. The molecule has 0 bridgehead atoms. The first-order chi connectivity index (χ1) is 11.6. The number of nitrogens with two attached hydrogens (primary N) is 2. The monoisotopic (exact) mass is 332 g/mol. The third-order valence-corrected chi connectivity index (χ3v) is 4.45. The van der Waals surface area contributed by atoms with Crippen molar-refractivity contribution in [2.24, 2.45) is 11.5 Å². The van der Waals surface area contributed by atoms with Crippen molar-refractivity contribution < 1.29 is 9.59 Å². The first-order valence-corrected chi connectivity index (χ1v) is 9.28. The maximum Gasteiger partial charge on any atom is 0.248 e. The SMILES string of the molecule is CCCCCCCCCCCCc1cc(C(N)=O)ccc1C(N)=O. The Kier molecular flexibility index (Phi) is 9.81. The van der Waals surface area contributed by atoms with E-state index in [0.717, 1.165) is 24.8 Å². The van der Waals surface area contributed by atoms with Gasteiger partial charge in [-0.25, -0.2) is 0 Å². The van der Waals surface area contributed by atoms with Crippen molar-refractivity contribution in [3.63, 3.8) is 0 Å². The highest BCUT2D eigenvalue weighted by Crippen LogP contribution is 2.17. The third kappa shape index (κ3) is 7.62. The molecule has 134 valence electrons. The van der Waals surface area contributed by atoms with E-state index in [-0.39, 0.29) is 0 Å². The van der Waals surface area contributed by atoms with Crippen molar-refractivity contribution in [2.45, 2.75) is 77.6 Å². The molecule has 24 heavy (non-hydrogen) atoms. The molecule has 0 unspecified atom stereocenters. The smallest absolute Gasteiger partial charge is 0.248 e. The molecular weight excluding hydrogens is 300 g/mol. The van der Waals surface area contributed by atoms with Crippen LogP contribution < -0.4 is 11.5 Å². The van der Waals surface area contributed by atoms with E-state index in [1.54, 1.807) is 18.2 Å². The van der Waals surface area contributed by atoms with Crippen LogP contribution in [-0.2, 0) is 6.42 Å². The molecule has 0 radical (unpaired) electrons. The van der Waals surface area contributed by atoms with Crippen LogP contribution >= 0.6 is 0 Å². The summed E-state index contributed by atoms with van der Waals surface area (Å²) in [7, 11) is 0. The van der Waals surface area contributed by atoms with E-state index < -0.39 is 11.8 Å². The Morgan fingerprint density at radius 3 is 1.83 bits per heavy atom. The van der Waals surface area contributed by atoms with Gasteiger partial charge in [0.05, 0.1) is 0 Å². The van der Waals surface area contributed by atoms with Gasteiger partial charge in [-0.3, -0.25) is 9.59 Å². The summed E-state index contributed by atoms with van der Waals surface area (Å²) in [5.74, 6) is -0.927. The molecule has 0 heterocycles. The van der Waals surface area contributed by atoms with Gasteiger partial charge in [-0.15, -0.1) is 0 Å². The maximum absolute atomic E-state index is 11.5. The quantitative estimate of drug-likeness (QED) is 0.526. The molecule has 1 aromatic carbocycles. The van der Waals surface area contributed by atoms with Crippen molar-refractivity contribution in [3.05, 3.63) is 34.9 Å². The molecule has 4 nitrogen and oxygen atoms in total. The topological polar surface area (TPSA) is 86.2 Å².